The van der Waals surface area contributed by atoms with Gasteiger partial charge in [0.1, 0.15) is 23.7 Å². The van der Waals surface area contributed by atoms with Gasteiger partial charge in [-0.15, -0.1) is 0 Å². The number of aromatic nitrogens is 2. The number of anilines is 4. The number of ether oxygens (including phenoxy) is 1. The third-order valence-electron chi connectivity index (χ3n) is 3.25. The van der Waals surface area contributed by atoms with E-state index in [1.54, 1.807) is 19.2 Å². The van der Waals surface area contributed by atoms with Crippen LogP contribution in [0.5, 0.6) is 5.75 Å². The Kier molecular flexibility index (Phi) is 5.03. The van der Waals surface area contributed by atoms with Crippen molar-refractivity contribution < 1.29 is 4.74 Å². The van der Waals surface area contributed by atoms with Crippen molar-refractivity contribution in [2.75, 3.05) is 17.7 Å². The van der Waals surface area contributed by atoms with Crippen molar-refractivity contribution in [3.05, 3.63) is 64.9 Å². The van der Waals surface area contributed by atoms with E-state index in [9.17, 15) is 0 Å². The number of para-hydroxylation sites is 2. The molecule has 0 saturated carbocycles. The molecule has 0 saturated heterocycles. The SMILES string of the molecule is COc1ccccc1Nc1cc(Nc2cccc(Cl)c2Cl)ncn1. The van der Waals surface area contributed by atoms with Crippen LogP contribution in [-0.2, 0) is 0 Å². The molecule has 3 aromatic rings. The Balaban J connectivity index is 1.83. The van der Waals surface area contributed by atoms with Gasteiger partial charge in [0, 0.05) is 6.07 Å². The summed E-state index contributed by atoms with van der Waals surface area (Å²) in [5.41, 5.74) is 1.48. The molecule has 0 spiro atoms. The molecule has 0 amide bonds. The van der Waals surface area contributed by atoms with Crippen LogP contribution in [0, 0.1) is 0 Å². The van der Waals surface area contributed by atoms with Crippen LogP contribution in [0.2, 0.25) is 10.0 Å². The van der Waals surface area contributed by atoms with Gasteiger partial charge in [0.15, 0.2) is 0 Å². The maximum Gasteiger partial charge on any atom is 0.142 e. The van der Waals surface area contributed by atoms with Crippen molar-refractivity contribution in [2.24, 2.45) is 0 Å². The second-order valence-electron chi connectivity index (χ2n) is 4.84. The molecule has 3 rings (SSSR count). The molecule has 0 radical (unpaired) electrons. The molecule has 1 heterocycles. The summed E-state index contributed by atoms with van der Waals surface area (Å²) in [5, 5.41) is 7.25. The van der Waals surface area contributed by atoms with E-state index >= 15 is 0 Å². The van der Waals surface area contributed by atoms with Crippen LogP contribution >= 0.6 is 23.2 Å². The molecular weight excluding hydrogens is 347 g/mol. The van der Waals surface area contributed by atoms with Gasteiger partial charge in [-0.25, -0.2) is 9.97 Å². The summed E-state index contributed by atoms with van der Waals surface area (Å²) in [5.74, 6) is 1.94. The lowest BCUT2D eigenvalue weighted by molar-refractivity contribution is 0.417. The van der Waals surface area contributed by atoms with Crippen molar-refractivity contribution >= 4 is 46.2 Å². The van der Waals surface area contributed by atoms with E-state index in [1.165, 1.54) is 6.33 Å². The van der Waals surface area contributed by atoms with Crippen molar-refractivity contribution in [3.8, 4) is 5.75 Å². The third-order valence-corrected chi connectivity index (χ3v) is 4.07. The topological polar surface area (TPSA) is 59.1 Å². The third kappa shape index (κ3) is 3.69. The normalized spacial score (nSPS) is 10.3. The summed E-state index contributed by atoms with van der Waals surface area (Å²) in [4.78, 5) is 8.41. The first-order valence-electron chi connectivity index (χ1n) is 7.10. The molecule has 0 atom stereocenters. The molecule has 0 aliphatic carbocycles. The summed E-state index contributed by atoms with van der Waals surface area (Å²) in [6, 6.07) is 14.7. The maximum absolute atomic E-state index is 6.18. The Morgan fingerprint density at radius 3 is 2.29 bits per heavy atom. The van der Waals surface area contributed by atoms with E-state index < -0.39 is 0 Å². The highest BCUT2D eigenvalue weighted by Crippen LogP contribution is 2.32. The van der Waals surface area contributed by atoms with Crippen LogP contribution in [0.1, 0.15) is 0 Å². The highest BCUT2D eigenvalue weighted by Gasteiger charge is 2.07. The van der Waals surface area contributed by atoms with E-state index in [1.807, 2.05) is 36.4 Å². The van der Waals surface area contributed by atoms with E-state index in [0.29, 0.717) is 27.4 Å². The molecule has 2 aromatic carbocycles. The molecule has 122 valence electrons. The Morgan fingerprint density at radius 2 is 1.54 bits per heavy atom. The smallest absolute Gasteiger partial charge is 0.142 e. The number of nitrogens with zero attached hydrogens (tertiary/aromatic N) is 2. The lowest BCUT2D eigenvalue weighted by Gasteiger charge is -2.12. The first-order chi connectivity index (χ1) is 11.7. The van der Waals surface area contributed by atoms with Gasteiger partial charge in [-0.3, -0.25) is 0 Å². The quantitative estimate of drug-likeness (QED) is 0.648. The highest BCUT2D eigenvalue weighted by atomic mass is 35.5. The fourth-order valence-electron chi connectivity index (χ4n) is 2.12. The van der Waals surface area contributed by atoms with Crippen molar-refractivity contribution in [3.63, 3.8) is 0 Å². The first-order valence-corrected chi connectivity index (χ1v) is 7.86. The Morgan fingerprint density at radius 1 is 0.875 bits per heavy atom. The molecule has 0 aliphatic rings. The van der Waals surface area contributed by atoms with Crippen LogP contribution in [-0.4, -0.2) is 17.1 Å². The van der Waals surface area contributed by atoms with Crippen molar-refractivity contribution in [1.29, 1.82) is 0 Å². The summed E-state index contributed by atoms with van der Waals surface area (Å²) in [6.45, 7) is 0. The largest absolute Gasteiger partial charge is 0.495 e. The van der Waals surface area contributed by atoms with Gasteiger partial charge in [0.05, 0.1) is 28.5 Å². The molecular formula is C17H14Cl2N4O. The second-order valence-corrected chi connectivity index (χ2v) is 5.63. The molecule has 0 unspecified atom stereocenters. The Labute approximate surface area is 149 Å². The van der Waals surface area contributed by atoms with E-state index in [-0.39, 0.29) is 0 Å². The van der Waals surface area contributed by atoms with Gasteiger partial charge < -0.3 is 15.4 Å². The summed E-state index contributed by atoms with van der Waals surface area (Å²) in [6.07, 6.45) is 1.46. The lowest BCUT2D eigenvalue weighted by atomic mass is 10.3. The molecule has 5 nitrogen and oxygen atoms in total. The van der Waals surface area contributed by atoms with Gasteiger partial charge in [-0.1, -0.05) is 41.4 Å². The van der Waals surface area contributed by atoms with Crippen molar-refractivity contribution in [2.45, 2.75) is 0 Å². The molecule has 7 heteroatoms. The van der Waals surface area contributed by atoms with Gasteiger partial charge in [0.2, 0.25) is 0 Å². The van der Waals surface area contributed by atoms with E-state index in [2.05, 4.69) is 20.6 Å². The van der Waals surface area contributed by atoms with Crippen molar-refractivity contribution in [1.82, 2.24) is 9.97 Å². The molecule has 0 fully saturated rings. The first kappa shape index (κ1) is 16.4. The number of hydrogen-bond acceptors (Lipinski definition) is 5. The minimum atomic E-state index is 0.442. The molecule has 1 aromatic heterocycles. The van der Waals surface area contributed by atoms with E-state index in [0.717, 1.165) is 11.4 Å². The van der Waals surface area contributed by atoms with E-state index in [4.69, 9.17) is 27.9 Å². The van der Waals surface area contributed by atoms with Crippen LogP contribution in [0.15, 0.2) is 54.9 Å². The number of hydrogen-bond donors (Lipinski definition) is 2. The van der Waals surface area contributed by atoms with Gasteiger partial charge in [0.25, 0.3) is 0 Å². The lowest BCUT2D eigenvalue weighted by Crippen LogP contribution is -2.00. The molecule has 0 aliphatic heterocycles. The second kappa shape index (κ2) is 7.38. The fourth-order valence-corrected chi connectivity index (χ4v) is 2.47. The zero-order chi connectivity index (χ0) is 16.9. The number of benzene rings is 2. The highest BCUT2D eigenvalue weighted by molar-refractivity contribution is 6.43. The number of nitrogens with one attached hydrogen (secondary N) is 2. The minimum Gasteiger partial charge on any atom is -0.495 e. The zero-order valence-electron chi connectivity index (χ0n) is 12.8. The molecule has 24 heavy (non-hydrogen) atoms. The van der Waals surface area contributed by atoms with Crippen LogP contribution in [0.25, 0.3) is 0 Å². The molecule has 0 bridgehead atoms. The summed E-state index contributed by atoms with van der Waals surface area (Å²) in [7, 11) is 1.62. The van der Waals surface area contributed by atoms with Gasteiger partial charge in [-0.2, -0.15) is 0 Å². The van der Waals surface area contributed by atoms with Crippen LogP contribution in [0.4, 0.5) is 23.0 Å². The average molecular weight is 361 g/mol. The average Bonchev–Trinajstić information content (AvgIpc) is 2.60. The van der Waals surface area contributed by atoms with Gasteiger partial charge >= 0.3 is 0 Å². The molecule has 2 N–H and O–H groups in total. The number of halogens is 2. The predicted molar refractivity (Wildman–Crippen MR) is 98.1 cm³/mol. The Hall–Kier alpha value is -2.50. The van der Waals surface area contributed by atoms with Crippen LogP contribution < -0.4 is 15.4 Å². The monoisotopic (exact) mass is 360 g/mol. The summed E-state index contributed by atoms with van der Waals surface area (Å²) >= 11 is 12.2. The summed E-state index contributed by atoms with van der Waals surface area (Å²) < 4.78 is 5.32. The maximum atomic E-state index is 6.18. The predicted octanol–water partition coefficient (Wildman–Crippen LogP) is 5.28. The Bertz CT molecular complexity index is 857. The standard InChI is InChI=1S/C17H14Cl2N4O/c1-24-14-8-3-2-6-12(14)22-15-9-16(21-10-20-15)23-13-7-4-5-11(18)17(13)19/h2-10H,1H3,(H2,20,21,22,23). The number of methoxy groups -OCH3 is 1. The zero-order valence-corrected chi connectivity index (χ0v) is 14.3. The van der Waals surface area contributed by atoms with Crippen LogP contribution in [0.3, 0.4) is 0 Å². The fraction of sp³-hybridized carbons (Fsp3) is 0.0588. The minimum absolute atomic E-state index is 0.442. The number of rotatable bonds is 5. The van der Waals surface area contributed by atoms with Gasteiger partial charge in [-0.05, 0) is 24.3 Å².